The number of aliphatic hydroxyl groups excluding tert-OH is 1. The fourth-order valence-electron chi connectivity index (χ4n) is 4.26. The molecule has 0 unspecified atom stereocenters. The molecule has 1 heterocycles. The highest BCUT2D eigenvalue weighted by Crippen LogP contribution is 2.29. The number of methoxy groups -OCH3 is 1. The molecule has 0 aliphatic carbocycles. The van der Waals surface area contributed by atoms with Crippen molar-refractivity contribution >= 4 is 40.9 Å². The van der Waals surface area contributed by atoms with Crippen molar-refractivity contribution in [3.63, 3.8) is 0 Å². The number of amides is 1. The summed E-state index contributed by atoms with van der Waals surface area (Å²) in [5, 5.41) is 14.1. The molecule has 9 nitrogen and oxygen atoms in total. The van der Waals surface area contributed by atoms with Gasteiger partial charge in [-0.2, -0.15) is 0 Å². The minimum atomic E-state index is -1.82. The van der Waals surface area contributed by atoms with Crippen LogP contribution in [-0.4, -0.2) is 66.0 Å². The summed E-state index contributed by atoms with van der Waals surface area (Å²) in [5.41, 5.74) is 1.82. The predicted molar refractivity (Wildman–Crippen MR) is 158 cm³/mol. The van der Waals surface area contributed by atoms with Gasteiger partial charge in [-0.15, -0.1) is 0 Å². The second-order valence-corrected chi connectivity index (χ2v) is 12.0. The van der Waals surface area contributed by atoms with Crippen molar-refractivity contribution in [1.82, 2.24) is 5.32 Å². The van der Waals surface area contributed by atoms with E-state index in [4.69, 9.17) is 63.2 Å². The summed E-state index contributed by atoms with van der Waals surface area (Å²) in [5.74, 6) is 1.05. The number of alkyl halides is 3. The summed E-state index contributed by atoms with van der Waals surface area (Å²) in [7, 11) is 1.55. The Morgan fingerprint density at radius 3 is 2.10 bits per heavy atom. The minimum Gasteiger partial charge on any atom is -0.497 e. The Morgan fingerprint density at radius 2 is 1.50 bits per heavy atom. The fraction of sp³-hybridized carbons (Fsp3) is 0.367. The first-order valence-corrected chi connectivity index (χ1v) is 14.3. The number of nitrogens with one attached hydrogen (secondary N) is 1. The Balaban J connectivity index is 1.57. The monoisotopic (exact) mass is 639 g/mol. The third-order valence-electron chi connectivity index (χ3n) is 6.32. The molecule has 1 aliphatic heterocycles. The molecule has 0 aromatic heterocycles. The van der Waals surface area contributed by atoms with Gasteiger partial charge in [-0.1, -0.05) is 95.5 Å². The topological polar surface area (TPSA) is 105 Å². The number of aliphatic hydroxyl groups is 1. The van der Waals surface area contributed by atoms with Crippen LogP contribution in [0.3, 0.4) is 0 Å². The molecule has 2 N–H and O–H groups in total. The van der Waals surface area contributed by atoms with Gasteiger partial charge in [0.25, 0.3) is 0 Å². The largest absolute Gasteiger partial charge is 0.497 e. The number of carbonyl (C=O) groups is 1. The van der Waals surface area contributed by atoms with Gasteiger partial charge in [0.1, 0.15) is 42.5 Å². The lowest BCUT2D eigenvalue weighted by atomic mass is 9.96. The van der Waals surface area contributed by atoms with Crippen LogP contribution in [0.1, 0.15) is 11.1 Å². The SMILES string of the molecule is COc1ccc(O[C@@H]2O[C@H](COCc3ccccc3)[C@@H](O)[C@H](OCc3ccccc3)[C@H]2NC(=O)OCC(Cl)(Cl)Cl)cc1. The second-order valence-electron chi connectivity index (χ2n) is 9.45. The molecule has 12 heteroatoms. The van der Waals surface area contributed by atoms with Crippen LogP contribution in [-0.2, 0) is 32.2 Å². The van der Waals surface area contributed by atoms with Crippen LogP contribution in [0.4, 0.5) is 4.79 Å². The van der Waals surface area contributed by atoms with Gasteiger partial charge in [-0.05, 0) is 35.4 Å². The maximum absolute atomic E-state index is 12.8. The molecular weight excluding hydrogens is 609 g/mol. The molecule has 1 saturated heterocycles. The first kappa shape index (κ1) is 32.2. The summed E-state index contributed by atoms with van der Waals surface area (Å²) in [4.78, 5) is 12.8. The van der Waals surface area contributed by atoms with E-state index < -0.39 is 47.1 Å². The molecule has 1 amide bonds. The van der Waals surface area contributed by atoms with E-state index in [1.165, 1.54) is 0 Å². The highest BCUT2D eigenvalue weighted by molar-refractivity contribution is 6.67. The van der Waals surface area contributed by atoms with Crippen molar-refractivity contribution in [2.24, 2.45) is 0 Å². The molecule has 3 aromatic rings. The van der Waals surface area contributed by atoms with Crippen molar-refractivity contribution < 1.29 is 38.3 Å². The van der Waals surface area contributed by atoms with E-state index in [2.05, 4.69) is 5.32 Å². The van der Waals surface area contributed by atoms with Gasteiger partial charge in [0, 0.05) is 0 Å². The Morgan fingerprint density at radius 1 is 0.905 bits per heavy atom. The molecule has 226 valence electrons. The first-order chi connectivity index (χ1) is 20.2. The molecule has 4 rings (SSSR count). The van der Waals surface area contributed by atoms with Crippen molar-refractivity contribution in [3.05, 3.63) is 96.1 Å². The van der Waals surface area contributed by atoms with Crippen LogP contribution in [0.2, 0.25) is 0 Å². The molecule has 5 atom stereocenters. The number of benzene rings is 3. The van der Waals surface area contributed by atoms with E-state index in [-0.39, 0.29) is 13.2 Å². The Bertz CT molecular complexity index is 1230. The number of carbonyl (C=O) groups excluding carboxylic acids is 1. The first-order valence-electron chi connectivity index (χ1n) is 13.1. The highest BCUT2D eigenvalue weighted by Gasteiger charge is 2.48. The van der Waals surface area contributed by atoms with Gasteiger partial charge in [0.2, 0.25) is 10.1 Å². The van der Waals surface area contributed by atoms with E-state index in [1.54, 1.807) is 31.4 Å². The van der Waals surface area contributed by atoms with E-state index in [0.717, 1.165) is 11.1 Å². The zero-order valence-electron chi connectivity index (χ0n) is 22.7. The molecule has 0 radical (unpaired) electrons. The average molecular weight is 641 g/mol. The van der Waals surface area contributed by atoms with Gasteiger partial charge in [-0.25, -0.2) is 4.79 Å². The number of alkyl carbamates (subject to hydrolysis) is 1. The van der Waals surface area contributed by atoms with Crippen LogP contribution >= 0.6 is 34.8 Å². The minimum absolute atomic E-state index is 0.0220. The van der Waals surface area contributed by atoms with Crippen LogP contribution < -0.4 is 14.8 Å². The van der Waals surface area contributed by atoms with E-state index in [9.17, 15) is 9.90 Å². The van der Waals surface area contributed by atoms with E-state index in [0.29, 0.717) is 18.1 Å². The molecule has 1 aliphatic rings. The van der Waals surface area contributed by atoms with Gasteiger partial charge in [0.05, 0.1) is 26.9 Å². The summed E-state index contributed by atoms with van der Waals surface area (Å²) in [6, 6.07) is 24.8. The maximum atomic E-state index is 12.8. The van der Waals surface area contributed by atoms with Crippen molar-refractivity contribution in [1.29, 1.82) is 0 Å². The van der Waals surface area contributed by atoms with Crippen LogP contribution in [0.25, 0.3) is 0 Å². The lowest BCUT2D eigenvalue weighted by molar-refractivity contribution is -0.257. The zero-order chi connectivity index (χ0) is 30.0. The number of ether oxygens (including phenoxy) is 6. The molecule has 1 fully saturated rings. The molecule has 0 saturated carbocycles. The lowest BCUT2D eigenvalue weighted by Gasteiger charge is -2.44. The average Bonchev–Trinajstić information content (AvgIpc) is 2.99. The normalized spacial score (nSPS) is 22.3. The van der Waals surface area contributed by atoms with E-state index in [1.807, 2.05) is 60.7 Å². The van der Waals surface area contributed by atoms with Gasteiger partial charge >= 0.3 is 6.09 Å². The summed E-state index contributed by atoms with van der Waals surface area (Å²) in [6.07, 6.45) is -5.15. The lowest BCUT2D eigenvalue weighted by Crippen LogP contribution is -2.66. The predicted octanol–water partition coefficient (Wildman–Crippen LogP) is 5.43. The van der Waals surface area contributed by atoms with Crippen molar-refractivity contribution in [2.45, 2.75) is 47.7 Å². The Labute approximate surface area is 259 Å². The third-order valence-corrected chi connectivity index (χ3v) is 6.64. The number of halogens is 3. The zero-order valence-corrected chi connectivity index (χ0v) is 25.0. The molecule has 3 aromatic carbocycles. The van der Waals surface area contributed by atoms with Crippen LogP contribution in [0.5, 0.6) is 11.5 Å². The molecule has 0 spiro atoms. The summed E-state index contributed by atoms with van der Waals surface area (Å²) < 4.78 is 32.9. The van der Waals surface area contributed by atoms with Gasteiger partial charge in [-0.3, -0.25) is 0 Å². The van der Waals surface area contributed by atoms with Gasteiger partial charge in [0.15, 0.2) is 0 Å². The molecular formula is C30H32Cl3NO8. The Kier molecular flexibility index (Phi) is 12.0. The maximum Gasteiger partial charge on any atom is 0.407 e. The van der Waals surface area contributed by atoms with Gasteiger partial charge < -0.3 is 38.8 Å². The summed E-state index contributed by atoms with van der Waals surface area (Å²) in [6.45, 7) is -0.0436. The smallest absolute Gasteiger partial charge is 0.407 e. The number of hydrogen-bond acceptors (Lipinski definition) is 8. The fourth-order valence-corrected chi connectivity index (χ4v) is 4.42. The van der Waals surface area contributed by atoms with Crippen molar-refractivity contribution in [3.8, 4) is 11.5 Å². The van der Waals surface area contributed by atoms with Crippen LogP contribution in [0.15, 0.2) is 84.9 Å². The van der Waals surface area contributed by atoms with Crippen molar-refractivity contribution in [2.75, 3.05) is 20.3 Å². The Hall–Kier alpha value is -2.76. The number of hydrogen-bond donors (Lipinski definition) is 2. The van der Waals surface area contributed by atoms with E-state index >= 15 is 0 Å². The molecule has 42 heavy (non-hydrogen) atoms. The highest BCUT2D eigenvalue weighted by atomic mass is 35.6. The summed E-state index contributed by atoms with van der Waals surface area (Å²) >= 11 is 17.2. The molecule has 0 bridgehead atoms. The number of rotatable bonds is 12. The standard InChI is InChI=1S/C30H32Cl3NO8/c1-37-22-12-14-23(15-13-22)41-28-25(34-29(36)40-19-30(31,32)33)27(39-17-21-10-6-3-7-11-21)26(35)24(42-28)18-38-16-20-8-4-2-5-9-20/h2-15,24-28,35H,16-19H2,1H3,(H,34,36)/t24-,25-,26-,27-,28-/m1/s1. The van der Waals surface area contributed by atoms with Crippen LogP contribution in [0, 0.1) is 0 Å². The quantitative estimate of drug-likeness (QED) is 0.253. The third kappa shape index (κ3) is 9.91. The second kappa shape index (κ2) is 15.6.